The lowest BCUT2D eigenvalue weighted by atomic mass is 10.2. The fraction of sp³-hybridized carbons (Fsp3) is 0.161. The van der Waals surface area contributed by atoms with Crippen LogP contribution in [0.5, 0.6) is 28.7 Å². The zero-order valence-electron chi connectivity index (χ0n) is 23.7. The molecule has 0 atom stereocenters. The number of para-hydroxylation sites is 1. The summed E-state index contributed by atoms with van der Waals surface area (Å²) in [6, 6.07) is 16.6. The summed E-state index contributed by atoms with van der Waals surface area (Å²) in [6.07, 6.45) is 1.64. The molecule has 0 aliphatic heterocycles. The normalized spacial score (nSPS) is 10.9. The molecule has 0 unspecified atom stereocenters. The van der Waals surface area contributed by atoms with Crippen molar-refractivity contribution in [2.24, 2.45) is 0 Å². The molecule has 5 rings (SSSR count). The fourth-order valence-corrected chi connectivity index (χ4v) is 4.35. The maximum atomic E-state index is 15.1. The lowest BCUT2D eigenvalue weighted by molar-refractivity contribution is 0.213. The van der Waals surface area contributed by atoms with E-state index in [1.165, 1.54) is 43.3 Å². The Kier molecular flexibility index (Phi) is 8.10. The number of carbonyl (C=O) groups excluding carboxylic acids is 1. The monoisotopic (exact) mass is 586 g/mol. The first-order valence-corrected chi connectivity index (χ1v) is 13.1. The van der Waals surface area contributed by atoms with Crippen LogP contribution in [-0.2, 0) is 0 Å². The number of hydrogen-bond donors (Lipinski definition) is 1. The number of amides is 1. The third-order valence-corrected chi connectivity index (χ3v) is 6.46. The van der Waals surface area contributed by atoms with E-state index < -0.39 is 23.2 Å². The van der Waals surface area contributed by atoms with Gasteiger partial charge in [-0.25, -0.2) is 18.5 Å². The summed E-state index contributed by atoms with van der Waals surface area (Å²) in [4.78, 5) is 43.2. The van der Waals surface area contributed by atoms with Crippen LogP contribution >= 0.6 is 0 Å². The molecule has 1 N–H and O–H groups in total. The van der Waals surface area contributed by atoms with Crippen molar-refractivity contribution in [3.05, 3.63) is 106 Å². The number of anilines is 1. The van der Waals surface area contributed by atoms with Crippen molar-refractivity contribution in [1.82, 2.24) is 14.1 Å². The molecule has 220 valence electrons. The van der Waals surface area contributed by atoms with Gasteiger partial charge in [0.1, 0.15) is 5.75 Å². The van der Waals surface area contributed by atoms with Crippen LogP contribution in [0.4, 0.5) is 14.9 Å². The van der Waals surface area contributed by atoms with Crippen LogP contribution < -0.4 is 35.5 Å². The highest BCUT2D eigenvalue weighted by Gasteiger charge is 2.19. The van der Waals surface area contributed by atoms with E-state index >= 15 is 4.39 Å². The van der Waals surface area contributed by atoms with Crippen molar-refractivity contribution in [1.29, 1.82) is 0 Å². The average Bonchev–Trinajstić information content (AvgIpc) is 2.99. The molecule has 1 amide bonds. The van der Waals surface area contributed by atoms with Gasteiger partial charge in [0.2, 0.25) is 5.75 Å². The Morgan fingerprint density at radius 2 is 1.60 bits per heavy atom. The Balaban J connectivity index is 1.38. The summed E-state index contributed by atoms with van der Waals surface area (Å²) in [7, 11) is 3.01. The molecule has 0 saturated heterocycles. The Hall–Kier alpha value is -5.65. The highest BCUT2D eigenvalue weighted by molar-refractivity contribution is 5.88. The Labute approximate surface area is 244 Å². The lowest BCUT2D eigenvalue weighted by Gasteiger charge is -2.16. The van der Waals surface area contributed by atoms with E-state index in [0.717, 1.165) is 10.6 Å². The topological polar surface area (TPSA) is 123 Å². The van der Waals surface area contributed by atoms with Gasteiger partial charge in [-0.1, -0.05) is 18.2 Å². The number of ether oxygens (including phenoxy) is 4. The summed E-state index contributed by atoms with van der Waals surface area (Å²) in [5.74, 6) is -0.0218. The van der Waals surface area contributed by atoms with Gasteiger partial charge in [0.25, 0.3) is 0 Å². The smallest absolute Gasteiger partial charge is 0.417 e. The molecule has 0 fully saturated rings. The first kappa shape index (κ1) is 28.9. The number of rotatable bonds is 8. The zero-order valence-corrected chi connectivity index (χ0v) is 23.7. The number of nitrogens with one attached hydrogen (secondary N) is 1. The van der Waals surface area contributed by atoms with Crippen molar-refractivity contribution < 1.29 is 28.1 Å². The van der Waals surface area contributed by atoms with Crippen molar-refractivity contribution in [2.45, 2.75) is 19.9 Å². The highest BCUT2D eigenvalue weighted by atomic mass is 19.1. The van der Waals surface area contributed by atoms with Crippen molar-refractivity contribution in [3.8, 4) is 34.4 Å². The number of pyridine rings is 1. The van der Waals surface area contributed by atoms with Gasteiger partial charge < -0.3 is 18.9 Å². The number of nitrogens with zero attached hydrogens (tertiary/aromatic N) is 3. The van der Waals surface area contributed by atoms with Gasteiger partial charge in [0.15, 0.2) is 23.1 Å². The molecule has 0 bridgehead atoms. The molecule has 12 heteroatoms. The van der Waals surface area contributed by atoms with E-state index in [2.05, 4.69) is 10.3 Å². The number of aromatic nitrogens is 3. The molecular formula is C31H27FN4O7. The van der Waals surface area contributed by atoms with Crippen molar-refractivity contribution >= 4 is 22.7 Å². The number of fused-ring (bicyclic) bond motifs is 1. The minimum atomic E-state index is -1.06. The molecule has 0 aliphatic rings. The Morgan fingerprint density at radius 3 is 2.28 bits per heavy atom. The predicted octanol–water partition coefficient (Wildman–Crippen LogP) is 5.69. The minimum Gasteiger partial charge on any atom is -0.493 e. The van der Waals surface area contributed by atoms with Crippen LogP contribution in [0.15, 0.2) is 88.7 Å². The van der Waals surface area contributed by atoms with E-state index in [4.69, 9.17) is 18.9 Å². The summed E-state index contributed by atoms with van der Waals surface area (Å²) in [6.45, 7) is 3.50. The quantitative estimate of drug-likeness (QED) is 0.246. The first-order chi connectivity index (χ1) is 20.7. The second-order valence-electron chi connectivity index (χ2n) is 9.55. The lowest BCUT2D eigenvalue weighted by Crippen LogP contribution is -2.40. The summed E-state index contributed by atoms with van der Waals surface area (Å²) < 4.78 is 39.1. The second kappa shape index (κ2) is 12.1. The minimum absolute atomic E-state index is 0.0430. The summed E-state index contributed by atoms with van der Waals surface area (Å²) >= 11 is 0. The highest BCUT2D eigenvalue weighted by Crippen LogP contribution is 2.37. The molecular weight excluding hydrogens is 559 g/mol. The van der Waals surface area contributed by atoms with Gasteiger partial charge in [0.05, 0.1) is 31.6 Å². The van der Waals surface area contributed by atoms with E-state index in [-0.39, 0.29) is 23.2 Å². The molecule has 43 heavy (non-hydrogen) atoms. The van der Waals surface area contributed by atoms with E-state index in [1.54, 1.807) is 62.4 Å². The number of carbonyl (C=O) groups is 1. The van der Waals surface area contributed by atoms with Crippen LogP contribution in [0.2, 0.25) is 0 Å². The molecule has 0 spiro atoms. The molecule has 0 radical (unpaired) electrons. The second-order valence-corrected chi connectivity index (χ2v) is 9.55. The van der Waals surface area contributed by atoms with Gasteiger partial charge in [0, 0.05) is 35.4 Å². The van der Waals surface area contributed by atoms with Crippen LogP contribution in [0.3, 0.4) is 0 Å². The van der Waals surface area contributed by atoms with Gasteiger partial charge in [-0.3, -0.25) is 19.7 Å². The molecule has 3 aromatic carbocycles. The number of benzene rings is 3. The Bertz CT molecular complexity index is 1940. The molecule has 0 aliphatic carbocycles. The molecule has 2 heterocycles. The molecule has 11 nitrogen and oxygen atoms in total. The van der Waals surface area contributed by atoms with Gasteiger partial charge in [-0.2, -0.15) is 0 Å². The van der Waals surface area contributed by atoms with E-state index in [9.17, 15) is 14.4 Å². The van der Waals surface area contributed by atoms with Gasteiger partial charge in [-0.05, 0) is 50.2 Å². The van der Waals surface area contributed by atoms with Crippen LogP contribution in [0, 0.1) is 5.82 Å². The summed E-state index contributed by atoms with van der Waals surface area (Å²) in [5.41, 5.74) is -0.503. The van der Waals surface area contributed by atoms with E-state index in [0.29, 0.717) is 33.8 Å². The van der Waals surface area contributed by atoms with Crippen molar-refractivity contribution in [3.63, 3.8) is 0 Å². The number of halogens is 1. The van der Waals surface area contributed by atoms with Crippen LogP contribution in [0.1, 0.15) is 19.9 Å². The fourth-order valence-electron chi connectivity index (χ4n) is 4.35. The molecule has 5 aromatic rings. The van der Waals surface area contributed by atoms with Crippen LogP contribution in [-0.4, -0.2) is 34.4 Å². The molecule has 2 aromatic heterocycles. The third kappa shape index (κ3) is 5.89. The first-order valence-electron chi connectivity index (χ1n) is 13.1. The van der Waals surface area contributed by atoms with Crippen LogP contribution in [0.25, 0.3) is 16.6 Å². The van der Waals surface area contributed by atoms with Gasteiger partial charge >= 0.3 is 17.3 Å². The molecule has 0 saturated carbocycles. The standard InChI is InChI=1S/C31H27FN4O7/c1-18(2)35-17-28(29(37)36(31(35)39)20-8-6-5-7-9-20)43-30(38)34-19-10-11-25(22(32)14-19)42-24-12-13-33-23-16-27(41-4)26(40-3)15-21(23)24/h5-18H,1-4H3,(H,34,38). The predicted molar refractivity (Wildman–Crippen MR) is 158 cm³/mol. The third-order valence-electron chi connectivity index (χ3n) is 6.46. The number of hydrogen-bond acceptors (Lipinski definition) is 8. The van der Waals surface area contributed by atoms with Gasteiger partial charge in [-0.15, -0.1) is 0 Å². The Morgan fingerprint density at radius 1 is 0.884 bits per heavy atom. The average molecular weight is 587 g/mol. The SMILES string of the molecule is COc1cc2nccc(Oc3ccc(NC(=O)Oc4cn(C(C)C)c(=O)n(-c5ccccc5)c4=O)cc3F)c2cc1OC. The maximum absolute atomic E-state index is 15.1. The summed E-state index contributed by atoms with van der Waals surface area (Å²) in [5, 5.41) is 2.96. The van der Waals surface area contributed by atoms with Crippen molar-refractivity contribution in [2.75, 3.05) is 19.5 Å². The zero-order chi connectivity index (χ0) is 30.7. The maximum Gasteiger partial charge on any atom is 0.417 e. The number of methoxy groups -OCH3 is 2. The largest absolute Gasteiger partial charge is 0.493 e. The van der Waals surface area contributed by atoms with E-state index in [1.807, 2.05) is 0 Å².